The van der Waals surface area contributed by atoms with Crippen molar-refractivity contribution in [3.05, 3.63) is 216 Å². The van der Waals surface area contributed by atoms with Gasteiger partial charge in [0.25, 0.3) is 0 Å². The molecule has 11 rings (SSSR count). The van der Waals surface area contributed by atoms with Gasteiger partial charge in [-0.25, -0.2) is 9.97 Å². The highest BCUT2D eigenvalue weighted by atomic mass is 16.5. The molecule has 3 nitrogen and oxygen atoms in total. The Morgan fingerprint density at radius 2 is 0.963 bits per heavy atom. The Kier molecular flexibility index (Phi) is 6.77. The van der Waals surface area contributed by atoms with E-state index in [0.29, 0.717) is 5.82 Å². The van der Waals surface area contributed by atoms with Crippen LogP contribution in [-0.2, 0) is 5.41 Å². The minimum Gasteiger partial charge on any atom is -0.457 e. The molecule has 0 N–H and O–H groups in total. The SMILES string of the molecule is c1ccc(-c2cc(-c3c(-c4ccc5c(c4)C4(c6ccccc6O5)c5ccccc5-c5ccccc54)ccc4ccccc34)nc(-c3ccccc3)n2)cc1. The first kappa shape index (κ1) is 30.5. The van der Waals surface area contributed by atoms with E-state index < -0.39 is 5.41 Å². The van der Waals surface area contributed by atoms with Crippen LogP contribution < -0.4 is 4.74 Å². The van der Waals surface area contributed by atoms with Gasteiger partial charge in [0.05, 0.1) is 16.8 Å². The van der Waals surface area contributed by atoms with Gasteiger partial charge in [0.15, 0.2) is 5.82 Å². The van der Waals surface area contributed by atoms with Gasteiger partial charge in [-0.05, 0) is 68.4 Å². The van der Waals surface area contributed by atoms with E-state index in [4.69, 9.17) is 14.7 Å². The molecule has 2 aliphatic rings. The van der Waals surface area contributed by atoms with Crippen molar-refractivity contribution in [1.82, 2.24) is 9.97 Å². The summed E-state index contributed by atoms with van der Waals surface area (Å²) < 4.78 is 6.78. The molecule has 1 aromatic heterocycles. The zero-order chi connectivity index (χ0) is 35.6. The summed E-state index contributed by atoms with van der Waals surface area (Å²) in [5.41, 5.74) is 13.8. The summed E-state index contributed by atoms with van der Waals surface area (Å²) in [5, 5.41) is 2.29. The van der Waals surface area contributed by atoms with E-state index in [1.54, 1.807) is 0 Å². The van der Waals surface area contributed by atoms with Gasteiger partial charge in [-0.1, -0.05) is 170 Å². The van der Waals surface area contributed by atoms with Gasteiger partial charge in [-0.3, -0.25) is 0 Å². The summed E-state index contributed by atoms with van der Waals surface area (Å²) in [4.78, 5) is 10.5. The Bertz CT molecular complexity index is 2810. The molecule has 0 unspecified atom stereocenters. The van der Waals surface area contributed by atoms with Crippen LogP contribution in [0.1, 0.15) is 22.3 Å². The van der Waals surface area contributed by atoms with Crippen molar-refractivity contribution in [1.29, 1.82) is 0 Å². The molecule has 0 saturated carbocycles. The fourth-order valence-corrected chi connectivity index (χ4v) is 8.86. The molecule has 0 atom stereocenters. The Morgan fingerprint density at radius 1 is 0.370 bits per heavy atom. The maximum absolute atomic E-state index is 6.78. The van der Waals surface area contributed by atoms with E-state index in [1.165, 1.54) is 22.3 Å². The number of benzene rings is 8. The first-order chi connectivity index (χ1) is 26.8. The Morgan fingerprint density at radius 3 is 1.72 bits per heavy atom. The lowest BCUT2D eigenvalue weighted by atomic mass is 9.65. The van der Waals surface area contributed by atoms with Gasteiger partial charge in [0.2, 0.25) is 0 Å². The van der Waals surface area contributed by atoms with Crippen LogP contribution in [0.15, 0.2) is 194 Å². The molecule has 0 radical (unpaired) electrons. The van der Waals surface area contributed by atoms with E-state index in [0.717, 1.165) is 72.6 Å². The Balaban J connectivity index is 1.20. The highest BCUT2D eigenvalue weighted by Gasteiger charge is 2.51. The highest BCUT2D eigenvalue weighted by Crippen LogP contribution is 2.62. The predicted octanol–water partition coefficient (Wildman–Crippen LogP) is 12.8. The van der Waals surface area contributed by atoms with Gasteiger partial charge >= 0.3 is 0 Å². The third kappa shape index (κ3) is 4.49. The van der Waals surface area contributed by atoms with Crippen molar-refractivity contribution in [2.45, 2.75) is 5.41 Å². The van der Waals surface area contributed by atoms with E-state index in [-0.39, 0.29) is 0 Å². The number of fused-ring (bicyclic) bond motifs is 10. The maximum Gasteiger partial charge on any atom is 0.160 e. The average molecular weight is 689 g/mol. The smallest absolute Gasteiger partial charge is 0.160 e. The van der Waals surface area contributed by atoms with Crippen molar-refractivity contribution < 1.29 is 4.74 Å². The number of aromatic nitrogens is 2. The standard InChI is InChI=1S/C51H32N2O/c1-3-16-34(17-4-1)45-32-46(53-50(52-45)35-18-5-2-6-19-35)49-37-20-8-7-15-33(37)27-29-38(49)36-28-30-48-44(31-36)51(43-25-13-14-26-47(43)54-48)41-23-11-9-21-39(41)40-22-10-12-24-42(40)51/h1-32H. The quantitative estimate of drug-likeness (QED) is 0.185. The summed E-state index contributed by atoms with van der Waals surface area (Å²) in [7, 11) is 0. The fourth-order valence-electron chi connectivity index (χ4n) is 8.86. The predicted molar refractivity (Wildman–Crippen MR) is 219 cm³/mol. The molecule has 1 aliphatic carbocycles. The lowest BCUT2D eigenvalue weighted by Gasteiger charge is -2.39. The van der Waals surface area contributed by atoms with Crippen molar-refractivity contribution in [3.63, 3.8) is 0 Å². The average Bonchev–Trinajstić information content (AvgIpc) is 3.54. The summed E-state index contributed by atoms with van der Waals surface area (Å²) >= 11 is 0. The molecule has 54 heavy (non-hydrogen) atoms. The van der Waals surface area contributed by atoms with Crippen LogP contribution in [0.3, 0.4) is 0 Å². The lowest BCUT2D eigenvalue weighted by molar-refractivity contribution is 0.436. The first-order valence-corrected chi connectivity index (χ1v) is 18.4. The number of hydrogen-bond donors (Lipinski definition) is 0. The molecular weight excluding hydrogens is 657 g/mol. The van der Waals surface area contributed by atoms with Crippen LogP contribution in [0, 0.1) is 0 Å². The summed E-state index contributed by atoms with van der Waals surface area (Å²) in [5.74, 6) is 2.45. The molecule has 8 aromatic carbocycles. The van der Waals surface area contributed by atoms with E-state index in [1.807, 2.05) is 24.3 Å². The molecule has 1 aliphatic heterocycles. The Hall–Kier alpha value is -7.10. The van der Waals surface area contributed by atoms with Crippen molar-refractivity contribution in [2.75, 3.05) is 0 Å². The molecule has 2 heterocycles. The summed E-state index contributed by atoms with van der Waals surface area (Å²) in [6, 6.07) is 68.9. The second kappa shape index (κ2) is 12.0. The normalized spacial score (nSPS) is 13.1. The second-order valence-electron chi connectivity index (χ2n) is 14.1. The molecule has 0 amide bonds. The molecule has 0 saturated heterocycles. The maximum atomic E-state index is 6.78. The van der Waals surface area contributed by atoms with E-state index in [9.17, 15) is 0 Å². The van der Waals surface area contributed by atoms with Crippen molar-refractivity contribution >= 4 is 10.8 Å². The molecule has 252 valence electrons. The third-order valence-corrected chi connectivity index (χ3v) is 11.2. The topological polar surface area (TPSA) is 35.0 Å². The van der Waals surface area contributed by atoms with Crippen LogP contribution >= 0.6 is 0 Å². The lowest BCUT2D eigenvalue weighted by Crippen LogP contribution is -2.32. The number of hydrogen-bond acceptors (Lipinski definition) is 3. The van der Waals surface area contributed by atoms with Crippen LogP contribution in [0.4, 0.5) is 0 Å². The van der Waals surface area contributed by atoms with Crippen molar-refractivity contribution in [3.8, 4) is 67.7 Å². The van der Waals surface area contributed by atoms with Gasteiger partial charge in [0.1, 0.15) is 11.5 Å². The van der Waals surface area contributed by atoms with Crippen LogP contribution in [-0.4, -0.2) is 9.97 Å². The van der Waals surface area contributed by atoms with Crippen LogP contribution in [0.2, 0.25) is 0 Å². The molecule has 1 spiro atoms. The molecule has 3 heteroatoms. The second-order valence-corrected chi connectivity index (χ2v) is 14.1. The minimum atomic E-state index is -0.555. The minimum absolute atomic E-state index is 0.555. The first-order valence-electron chi connectivity index (χ1n) is 18.4. The van der Waals surface area contributed by atoms with E-state index in [2.05, 4.69) is 170 Å². The fraction of sp³-hybridized carbons (Fsp3) is 0.0196. The molecule has 9 aromatic rings. The van der Waals surface area contributed by atoms with Gasteiger partial charge in [0, 0.05) is 27.8 Å². The third-order valence-electron chi connectivity index (χ3n) is 11.2. The van der Waals surface area contributed by atoms with Gasteiger partial charge in [-0.15, -0.1) is 0 Å². The zero-order valence-electron chi connectivity index (χ0n) is 29.3. The van der Waals surface area contributed by atoms with Crippen molar-refractivity contribution in [2.24, 2.45) is 0 Å². The zero-order valence-corrected chi connectivity index (χ0v) is 29.3. The molecule has 0 bridgehead atoms. The Labute approximate surface area is 313 Å². The van der Waals surface area contributed by atoms with Crippen LogP contribution in [0.5, 0.6) is 11.5 Å². The number of para-hydroxylation sites is 1. The number of rotatable bonds is 4. The summed E-state index contributed by atoms with van der Waals surface area (Å²) in [6.45, 7) is 0. The molecule has 0 fully saturated rings. The highest BCUT2D eigenvalue weighted by molar-refractivity contribution is 6.04. The largest absolute Gasteiger partial charge is 0.457 e. The number of ether oxygens (including phenoxy) is 1. The monoisotopic (exact) mass is 688 g/mol. The van der Waals surface area contributed by atoms with Gasteiger partial charge < -0.3 is 4.74 Å². The van der Waals surface area contributed by atoms with Gasteiger partial charge in [-0.2, -0.15) is 0 Å². The number of nitrogens with zero attached hydrogens (tertiary/aromatic N) is 2. The van der Waals surface area contributed by atoms with Crippen LogP contribution in [0.25, 0.3) is 66.9 Å². The van der Waals surface area contributed by atoms with E-state index >= 15 is 0 Å². The summed E-state index contributed by atoms with van der Waals surface area (Å²) in [6.07, 6.45) is 0. The molecular formula is C51H32N2O.